The van der Waals surface area contributed by atoms with Crippen LogP contribution >= 0.6 is 0 Å². The molecule has 1 aliphatic heterocycles. The molecule has 0 saturated carbocycles. The van der Waals surface area contributed by atoms with Gasteiger partial charge >= 0.3 is 11.9 Å². The Morgan fingerprint density at radius 1 is 1.24 bits per heavy atom. The molecule has 144 valence electrons. The Morgan fingerprint density at radius 2 is 1.92 bits per heavy atom. The number of hydrogen-bond acceptors (Lipinski definition) is 6. The lowest BCUT2D eigenvalue weighted by atomic mass is 10.0. The first-order valence-electron chi connectivity index (χ1n) is 8.96. The summed E-state index contributed by atoms with van der Waals surface area (Å²) in [4.78, 5) is 37.5. The highest BCUT2D eigenvalue weighted by Crippen LogP contribution is 2.21. The van der Waals surface area contributed by atoms with Crippen molar-refractivity contribution in [3.05, 3.63) is 0 Å². The molecule has 0 radical (unpaired) electrons. The van der Waals surface area contributed by atoms with E-state index in [0.29, 0.717) is 19.4 Å². The molecule has 0 aromatic carbocycles. The van der Waals surface area contributed by atoms with Gasteiger partial charge in [0.2, 0.25) is 5.91 Å². The van der Waals surface area contributed by atoms with Crippen LogP contribution in [0.2, 0.25) is 0 Å². The highest BCUT2D eigenvalue weighted by atomic mass is 16.6. The second-order valence-electron chi connectivity index (χ2n) is 7.50. The molecule has 0 aliphatic carbocycles. The largest absolute Gasteiger partial charge is 0.467 e. The van der Waals surface area contributed by atoms with Crippen molar-refractivity contribution < 1.29 is 23.9 Å². The van der Waals surface area contributed by atoms with Gasteiger partial charge in [0.1, 0.15) is 17.7 Å². The minimum absolute atomic E-state index is 0.182. The van der Waals surface area contributed by atoms with Crippen LogP contribution in [0.25, 0.3) is 0 Å². The second kappa shape index (κ2) is 9.75. The molecule has 7 nitrogen and oxygen atoms in total. The Labute approximate surface area is 150 Å². The molecule has 1 fully saturated rings. The Morgan fingerprint density at radius 3 is 2.48 bits per heavy atom. The lowest BCUT2D eigenvalue weighted by molar-refractivity contribution is -0.163. The van der Waals surface area contributed by atoms with E-state index in [2.05, 4.69) is 10.2 Å². The molecule has 25 heavy (non-hydrogen) atoms. The molecular formula is C18H32N2O5. The highest BCUT2D eigenvalue weighted by Gasteiger charge is 2.32. The number of esters is 2. The summed E-state index contributed by atoms with van der Waals surface area (Å²) in [6.07, 6.45) is 4.01. The number of rotatable bonds is 7. The maximum absolute atomic E-state index is 12.4. The summed E-state index contributed by atoms with van der Waals surface area (Å²) in [6.45, 7) is 8.49. The summed E-state index contributed by atoms with van der Waals surface area (Å²) in [6, 6.07) is -0.877. The minimum Gasteiger partial charge on any atom is -0.467 e. The second-order valence-corrected chi connectivity index (χ2v) is 7.50. The molecule has 1 aliphatic rings. The lowest BCUT2D eigenvalue weighted by Gasteiger charge is -2.35. The molecule has 7 heteroatoms. The molecule has 0 spiro atoms. The summed E-state index contributed by atoms with van der Waals surface area (Å²) >= 11 is 0. The normalized spacial score (nSPS) is 19.8. The predicted octanol–water partition coefficient (Wildman–Crippen LogP) is 1.64. The molecule has 0 bridgehead atoms. The van der Waals surface area contributed by atoms with E-state index in [1.165, 1.54) is 14.0 Å². The first kappa shape index (κ1) is 21.4. The van der Waals surface area contributed by atoms with Crippen LogP contribution in [0.1, 0.15) is 59.8 Å². The van der Waals surface area contributed by atoms with E-state index in [-0.39, 0.29) is 17.9 Å². The monoisotopic (exact) mass is 356 g/mol. The molecular weight excluding hydrogens is 324 g/mol. The third-order valence-electron chi connectivity index (χ3n) is 4.09. The van der Waals surface area contributed by atoms with Crippen molar-refractivity contribution in [2.24, 2.45) is 0 Å². The van der Waals surface area contributed by atoms with E-state index in [9.17, 15) is 14.4 Å². The highest BCUT2D eigenvalue weighted by molar-refractivity contribution is 5.83. The number of hydrogen-bond donors (Lipinski definition) is 1. The first-order valence-corrected chi connectivity index (χ1v) is 8.96. The van der Waals surface area contributed by atoms with Gasteiger partial charge in [-0.15, -0.1) is 0 Å². The van der Waals surface area contributed by atoms with Crippen LogP contribution in [0.5, 0.6) is 0 Å². The van der Waals surface area contributed by atoms with Crippen LogP contribution in [0.3, 0.4) is 0 Å². The maximum atomic E-state index is 12.4. The zero-order valence-electron chi connectivity index (χ0n) is 16.1. The Hall–Kier alpha value is -1.63. The number of likely N-dealkylation sites (tertiary alicyclic amines) is 1. The summed E-state index contributed by atoms with van der Waals surface area (Å²) in [5.74, 6) is -0.892. The van der Waals surface area contributed by atoms with Gasteiger partial charge in [-0.25, -0.2) is 4.79 Å². The Kier molecular flexibility index (Phi) is 8.35. The number of methoxy groups -OCH3 is 1. The van der Waals surface area contributed by atoms with Crippen molar-refractivity contribution in [1.82, 2.24) is 10.2 Å². The van der Waals surface area contributed by atoms with Crippen molar-refractivity contribution in [1.29, 1.82) is 0 Å². The van der Waals surface area contributed by atoms with Gasteiger partial charge < -0.3 is 14.8 Å². The summed E-state index contributed by atoms with van der Waals surface area (Å²) in [5, 5.41) is 2.61. The van der Waals surface area contributed by atoms with Crippen molar-refractivity contribution in [3.63, 3.8) is 0 Å². The number of ether oxygens (including phenoxy) is 2. The van der Waals surface area contributed by atoms with Gasteiger partial charge in [-0.1, -0.05) is 6.42 Å². The third kappa shape index (κ3) is 7.86. The zero-order valence-corrected chi connectivity index (χ0v) is 16.1. The van der Waals surface area contributed by atoms with E-state index in [4.69, 9.17) is 9.47 Å². The standard InChI is InChI=1S/C18H32N2O5/c1-13(21)19-14(16(22)24-5)9-8-12-20-11-7-6-10-15(20)17(23)25-18(2,3)4/h14-15H,6-12H2,1-5H3,(H,19,21)/t14?,15-/m1/s1. The SMILES string of the molecule is COC(=O)C(CCCN1CCCC[C@@H]1C(=O)OC(C)(C)C)NC(C)=O. The predicted molar refractivity (Wildman–Crippen MR) is 93.9 cm³/mol. The van der Waals surface area contributed by atoms with Gasteiger partial charge in [0.15, 0.2) is 0 Å². The van der Waals surface area contributed by atoms with Crippen molar-refractivity contribution in [2.45, 2.75) is 77.5 Å². The molecule has 0 aromatic rings. The average Bonchev–Trinajstić information content (AvgIpc) is 2.51. The number of nitrogens with zero attached hydrogens (tertiary/aromatic N) is 1. The molecule has 1 unspecified atom stereocenters. The quantitative estimate of drug-likeness (QED) is 0.698. The van der Waals surface area contributed by atoms with Crippen LogP contribution in [-0.4, -0.2) is 60.6 Å². The fraction of sp³-hybridized carbons (Fsp3) is 0.833. The average molecular weight is 356 g/mol. The fourth-order valence-electron chi connectivity index (χ4n) is 3.03. The molecule has 1 rings (SSSR count). The fourth-order valence-corrected chi connectivity index (χ4v) is 3.03. The van der Waals surface area contributed by atoms with Crippen LogP contribution in [0.15, 0.2) is 0 Å². The maximum Gasteiger partial charge on any atom is 0.328 e. The zero-order chi connectivity index (χ0) is 19.0. The van der Waals surface area contributed by atoms with Crippen LogP contribution in [0, 0.1) is 0 Å². The van der Waals surface area contributed by atoms with Crippen molar-refractivity contribution in [3.8, 4) is 0 Å². The van der Waals surface area contributed by atoms with Crippen LogP contribution in [0.4, 0.5) is 0 Å². The molecule has 2 atom stereocenters. The van der Waals surface area contributed by atoms with Gasteiger partial charge in [-0.2, -0.15) is 0 Å². The molecule has 1 amide bonds. The van der Waals surface area contributed by atoms with Gasteiger partial charge in [0.25, 0.3) is 0 Å². The number of carbonyl (C=O) groups is 3. The van der Waals surface area contributed by atoms with Gasteiger partial charge in [0, 0.05) is 6.92 Å². The molecule has 0 aromatic heterocycles. The van der Waals surface area contributed by atoms with Crippen molar-refractivity contribution >= 4 is 17.8 Å². The van der Waals surface area contributed by atoms with E-state index >= 15 is 0 Å². The van der Waals surface area contributed by atoms with E-state index in [0.717, 1.165) is 25.8 Å². The lowest BCUT2D eigenvalue weighted by Crippen LogP contribution is -2.48. The molecule has 1 N–H and O–H groups in total. The minimum atomic E-state index is -0.646. The van der Waals surface area contributed by atoms with Gasteiger partial charge in [0.05, 0.1) is 7.11 Å². The first-order chi connectivity index (χ1) is 11.6. The topological polar surface area (TPSA) is 84.9 Å². The summed E-state index contributed by atoms with van der Waals surface area (Å²) in [7, 11) is 1.31. The smallest absolute Gasteiger partial charge is 0.328 e. The van der Waals surface area contributed by atoms with Crippen LogP contribution < -0.4 is 5.32 Å². The molecule has 1 heterocycles. The molecule has 1 saturated heterocycles. The number of carbonyl (C=O) groups excluding carboxylic acids is 3. The van der Waals surface area contributed by atoms with Gasteiger partial charge in [-0.05, 0) is 59.5 Å². The Balaban J connectivity index is 2.58. The van der Waals surface area contributed by atoms with Crippen LogP contribution in [-0.2, 0) is 23.9 Å². The van der Waals surface area contributed by atoms with Gasteiger partial charge in [-0.3, -0.25) is 14.5 Å². The number of piperidine rings is 1. The Bertz CT molecular complexity index is 473. The third-order valence-corrected chi connectivity index (χ3v) is 4.09. The van der Waals surface area contributed by atoms with Crippen molar-refractivity contribution in [2.75, 3.05) is 20.2 Å². The number of amides is 1. The van der Waals surface area contributed by atoms with E-state index in [1.54, 1.807) is 0 Å². The van der Waals surface area contributed by atoms with E-state index < -0.39 is 17.6 Å². The van der Waals surface area contributed by atoms with E-state index in [1.807, 2.05) is 20.8 Å². The summed E-state index contributed by atoms with van der Waals surface area (Å²) in [5.41, 5.74) is -0.498. The number of nitrogens with one attached hydrogen (secondary N) is 1. The summed E-state index contributed by atoms with van der Waals surface area (Å²) < 4.78 is 10.3.